The van der Waals surface area contributed by atoms with Crippen molar-refractivity contribution in [3.05, 3.63) is 42.2 Å². The molecule has 0 aliphatic carbocycles. The molecular weight excluding hydrogens is 226 g/mol. The van der Waals surface area contributed by atoms with Gasteiger partial charge in [0.05, 0.1) is 6.10 Å². The normalized spacial score (nSPS) is 14.6. The monoisotopic (exact) mass is 245 g/mol. The molecule has 1 heterocycles. The van der Waals surface area contributed by atoms with Crippen molar-refractivity contribution in [2.24, 2.45) is 5.84 Å². The maximum atomic E-state index is 5.67. The van der Waals surface area contributed by atoms with E-state index in [9.17, 15) is 0 Å². The molecule has 18 heavy (non-hydrogen) atoms. The highest BCUT2D eigenvalue weighted by Gasteiger charge is 2.15. The van der Waals surface area contributed by atoms with E-state index in [1.54, 1.807) is 13.3 Å². The van der Waals surface area contributed by atoms with Crippen LogP contribution in [-0.4, -0.2) is 18.2 Å². The van der Waals surface area contributed by atoms with Crippen LogP contribution in [0.1, 0.15) is 24.9 Å². The van der Waals surface area contributed by atoms with Gasteiger partial charge in [0.1, 0.15) is 0 Å². The molecule has 2 aromatic rings. The van der Waals surface area contributed by atoms with E-state index in [1.807, 2.05) is 25.3 Å². The molecule has 0 aliphatic rings. The van der Waals surface area contributed by atoms with Crippen LogP contribution in [0.5, 0.6) is 0 Å². The van der Waals surface area contributed by atoms with Gasteiger partial charge >= 0.3 is 0 Å². The standard InChI is InChI=1S/C14H19N3O/c1-10(18-2)8-14(17-15)12-5-3-4-11-6-7-16-9-13(11)12/h3-7,9-10,14,17H,8,15H2,1-2H3. The fourth-order valence-corrected chi connectivity index (χ4v) is 2.15. The first kappa shape index (κ1) is 13.0. The molecule has 2 rings (SSSR count). The fourth-order valence-electron chi connectivity index (χ4n) is 2.15. The minimum atomic E-state index is 0.0628. The van der Waals surface area contributed by atoms with Crippen molar-refractivity contribution >= 4 is 10.8 Å². The van der Waals surface area contributed by atoms with Gasteiger partial charge in [-0.25, -0.2) is 0 Å². The van der Waals surface area contributed by atoms with Crippen LogP contribution < -0.4 is 11.3 Å². The molecule has 3 N–H and O–H groups in total. The van der Waals surface area contributed by atoms with Crippen molar-refractivity contribution in [2.75, 3.05) is 7.11 Å². The number of rotatable bonds is 5. The van der Waals surface area contributed by atoms with Crippen molar-refractivity contribution in [1.29, 1.82) is 0 Å². The van der Waals surface area contributed by atoms with Crippen LogP contribution in [-0.2, 0) is 4.74 Å². The lowest BCUT2D eigenvalue weighted by molar-refractivity contribution is 0.101. The lowest BCUT2D eigenvalue weighted by Crippen LogP contribution is -2.30. The number of pyridine rings is 1. The Morgan fingerprint density at radius 2 is 2.22 bits per heavy atom. The molecule has 0 fully saturated rings. The Balaban J connectivity index is 2.38. The molecule has 2 atom stereocenters. The van der Waals surface area contributed by atoms with E-state index in [2.05, 4.69) is 22.5 Å². The second kappa shape index (κ2) is 5.91. The molecule has 1 aromatic heterocycles. The molecule has 0 aliphatic heterocycles. The lowest BCUT2D eigenvalue weighted by atomic mass is 9.97. The number of nitrogens with two attached hydrogens (primary N) is 1. The highest BCUT2D eigenvalue weighted by atomic mass is 16.5. The predicted molar refractivity (Wildman–Crippen MR) is 72.9 cm³/mol. The van der Waals surface area contributed by atoms with Crippen molar-refractivity contribution in [1.82, 2.24) is 10.4 Å². The summed E-state index contributed by atoms with van der Waals surface area (Å²) in [6, 6.07) is 8.27. The lowest BCUT2D eigenvalue weighted by Gasteiger charge is -2.21. The van der Waals surface area contributed by atoms with Crippen LogP contribution >= 0.6 is 0 Å². The van der Waals surface area contributed by atoms with Gasteiger partial charge in [0, 0.05) is 30.9 Å². The summed E-state index contributed by atoms with van der Waals surface area (Å²) < 4.78 is 5.30. The van der Waals surface area contributed by atoms with Crippen molar-refractivity contribution in [3.63, 3.8) is 0 Å². The van der Waals surface area contributed by atoms with Gasteiger partial charge in [0.15, 0.2) is 0 Å². The van der Waals surface area contributed by atoms with Crippen LogP contribution in [0, 0.1) is 0 Å². The summed E-state index contributed by atoms with van der Waals surface area (Å²) in [4.78, 5) is 4.19. The van der Waals surface area contributed by atoms with E-state index in [0.29, 0.717) is 0 Å². The topological polar surface area (TPSA) is 60.2 Å². The van der Waals surface area contributed by atoms with Gasteiger partial charge in [-0.05, 0) is 30.4 Å². The first-order chi connectivity index (χ1) is 8.76. The number of ether oxygens (including phenoxy) is 1. The summed E-state index contributed by atoms with van der Waals surface area (Å²) in [5.74, 6) is 5.67. The molecule has 0 spiro atoms. The minimum Gasteiger partial charge on any atom is -0.382 e. The van der Waals surface area contributed by atoms with E-state index in [1.165, 1.54) is 5.39 Å². The number of hydrogen-bond acceptors (Lipinski definition) is 4. The molecule has 0 saturated carbocycles. The molecule has 1 aromatic carbocycles. The number of nitrogens with zero attached hydrogens (tertiary/aromatic N) is 1. The number of nitrogens with one attached hydrogen (secondary N) is 1. The Bertz CT molecular complexity index is 510. The van der Waals surface area contributed by atoms with E-state index >= 15 is 0 Å². The Kier molecular flexibility index (Phi) is 4.25. The van der Waals surface area contributed by atoms with Crippen LogP contribution in [0.2, 0.25) is 0 Å². The molecule has 4 heteroatoms. The smallest absolute Gasteiger partial charge is 0.0561 e. The van der Waals surface area contributed by atoms with E-state index in [0.717, 1.165) is 17.4 Å². The average Bonchev–Trinajstić information content (AvgIpc) is 2.44. The van der Waals surface area contributed by atoms with Gasteiger partial charge in [-0.3, -0.25) is 16.3 Å². The average molecular weight is 245 g/mol. The third-order valence-corrected chi connectivity index (χ3v) is 3.26. The summed E-state index contributed by atoms with van der Waals surface area (Å²) >= 11 is 0. The van der Waals surface area contributed by atoms with Crippen LogP contribution in [0.4, 0.5) is 0 Å². The summed E-state index contributed by atoms with van der Waals surface area (Å²) in [6.45, 7) is 2.04. The third-order valence-electron chi connectivity index (χ3n) is 3.26. The van der Waals surface area contributed by atoms with Gasteiger partial charge in [0.2, 0.25) is 0 Å². The van der Waals surface area contributed by atoms with Crippen molar-refractivity contribution < 1.29 is 4.74 Å². The first-order valence-corrected chi connectivity index (χ1v) is 6.07. The Morgan fingerprint density at radius 3 is 2.94 bits per heavy atom. The Labute approximate surface area is 107 Å². The van der Waals surface area contributed by atoms with Crippen molar-refractivity contribution in [2.45, 2.75) is 25.5 Å². The van der Waals surface area contributed by atoms with Crippen LogP contribution in [0.15, 0.2) is 36.7 Å². The van der Waals surface area contributed by atoms with Gasteiger partial charge < -0.3 is 4.74 Å². The first-order valence-electron chi connectivity index (χ1n) is 6.07. The number of aromatic nitrogens is 1. The maximum Gasteiger partial charge on any atom is 0.0561 e. The maximum absolute atomic E-state index is 5.67. The highest BCUT2D eigenvalue weighted by Crippen LogP contribution is 2.26. The molecular formula is C14H19N3O. The molecule has 0 bridgehead atoms. The third kappa shape index (κ3) is 2.67. The molecule has 4 nitrogen and oxygen atoms in total. The zero-order valence-corrected chi connectivity index (χ0v) is 10.8. The minimum absolute atomic E-state index is 0.0628. The highest BCUT2D eigenvalue weighted by molar-refractivity contribution is 5.85. The van der Waals surface area contributed by atoms with Gasteiger partial charge in [-0.1, -0.05) is 18.2 Å². The van der Waals surface area contributed by atoms with Gasteiger partial charge in [-0.15, -0.1) is 0 Å². The second-order valence-electron chi connectivity index (χ2n) is 4.45. The van der Waals surface area contributed by atoms with Crippen LogP contribution in [0.3, 0.4) is 0 Å². The summed E-state index contributed by atoms with van der Waals surface area (Å²) in [5.41, 5.74) is 4.03. The molecule has 2 unspecified atom stereocenters. The molecule has 0 radical (unpaired) electrons. The SMILES string of the molecule is COC(C)CC(NN)c1cccc2ccncc12. The van der Waals surface area contributed by atoms with E-state index in [-0.39, 0.29) is 12.1 Å². The largest absolute Gasteiger partial charge is 0.382 e. The molecule has 96 valence electrons. The second-order valence-corrected chi connectivity index (χ2v) is 4.45. The van der Waals surface area contributed by atoms with Gasteiger partial charge in [0.25, 0.3) is 0 Å². The fraction of sp³-hybridized carbons (Fsp3) is 0.357. The summed E-state index contributed by atoms with van der Waals surface area (Å²) in [5, 5.41) is 2.30. The number of methoxy groups -OCH3 is 1. The summed E-state index contributed by atoms with van der Waals surface area (Å²) in [7, 11) is 1.71. The number of fused-ring (bicyclic) bond motifs is 1. The number of hydrazine groups is 1. The van der Waals surface area contributed by atoms with E-state index in [4.69, 9.17) is 10.6 Å². The Hall–Kier alpha value is -1.49. The summed E-state index contributed by atoms with van der Waals surface area (Å²) in [6.07, 6.45) is 4.65. The zero-order valence-electron chi connectivity index (χ0n) is 10.8. The Morgan fingerprint density at radius 1 is 1.39 bits per heavy atom. The van der Waals surface area contributed by atoms with E-state index < -0.39 is 0 Å². The van der Waals surface area contributed by atoms with Crippen LogP contribution in [0.25, 0.3) is 10.8 Å². The number of hydrogen-bond donors (Lipinski definition) is 2. The molecule has 0 amide bonds. The van der Waals surface area contributed by atoms with Gasteiger partial charge in [-0.2, -0.15) is 0 Å². The van der Waals surface area contributed by atoms with Crippen molar-refractivity contribution in [3.8, 4) is 0 Å². The predicted octanol–water partition coefficient (Wildman–Crippen LogP) is 2.16. The zero-order chi connectivity index (χ0) is 13.0. The quantitative estimate of drug-likeness (QED) is 0.626. The number of benzene rings is 1. The molecule has 0 saturated heterocycles.